The first-order valence-electron chi connectivity index (χ1n) is 10.5. The number of carbonyl (C=O) groups is 2. The number of amides is 1. The summed E-state index contributed by atoms with van der Waals surface area (Å²) in [7, 11) is 0. The third kappa shape index (κ3) is 4.67. The number of fused-ring (bicyclic) bond motifs is 1. The highest BCUT2D eigenvalue weighted by Crippen LogP contribution is 2.32. The fourth-order valence-corrected chi connectivity index (χ4v) is 3.67. The van der Waals surface area contributed by atoms with E-state index < -0.39 is 18.1 Å². The minimum absolute atomic E-state index is 0.130. The highest BCUT2D eigenvalue weighted by atomic mass is 16.6. The molecule has 168 valence electrons. The number of H-pyrrole nitrogens is 1. The van der Waals surface area contributed by atoms with Gasteiger partial charge in [0.25, 0.3) is 0 Å². The van der Waals surface area contributed by atoms with Crippen LogP contribution in [0, 0.1) is 0 Å². The number of nitrogens with one attached hydrogen (secondary N) is 1. The molecule has 1 heterocycles. The van der Waals surface area contributed by atoms with E-state index >= 15 is 0 Å². The molecule has 9 heteroatoms. The first-order chi connectivity index (χ1) is 16.0. The maximum absolute atomic E-state index is 12.3. The lowest BCUT2D eigenvalue weighted by Gasteiger charge is -2.25. The average Bonchev–Trinajstić information content (AvgIpc) is 3.36. The van der Waals surface area contributed by atoms with E-state index in [1.54, 1.807) is 6.92 Å². The van der Waals surface area contributed by atoms with Crippen LogP contribution in [0.5, 0.6) is 0 Å². The van der Waals surface area contributed by atoms with Crippen LogP contribution in [0.25, 0.3) is 33.3 Å². The molecule has 0 saturated heterocycles. The molecular formula is C24H23N5O4. The number of tetrazole rings is 1. The Morgan fingerprint density at radius 3 is 2.48 bits per heavy atom. The number of carbonyl (C=O) groups excluding carboxylic acids is 1. The minimum atomic E-state index is -1.09. The molecule has 0 aliphatic carbocycles. The molecule has 0 aliphatic heterocycles. The van der Waals surface area contributed by atoms with Crippen LogP contribution in [0.1, 0.15) is 19.4 Å². The van der Waals surface area contributed by atoms with Gasteiger partial charge in [0.1, 0.15) is 6.04 Å². The third-order valence-corrected chi connectivity index (χ3v) is 5.42. The lowest BCUT2D eigenvalue weighted by atomic mass is 9.96. The van der Waals surface area contributed by atoms with Gasteiger partial charge in [0.2, 0.25) is 0 Å². The summed E-state index contributed by atoms with van der Waals surface area (Å²) >= 11 is 0. The number of aromatic nitrogens is 4. The molecule has 0 bridgehead atoms. The van der Waals surface area contributed by atoms with Crippen molar-refractivity contribution in [3.8, 4) is 22.5 Å². The Kier molecular flexibility index (Phi) is 6.30. The fourth-order valence-electron chi connectivity index (χ4n) is 3.67. The largest absolute Gasteiger partial charge is 0.480 e. The smallest absolute Gasteiger partial charge is 0.410 e. The van der Waals surface area contributed by atoms with Gasteiger partial charge in [-0.15, -0.1) is 5.10 Å². The summed E-state index contributed by atoms with van der Waals surface area (Å²) in [6.45, 7) is 3.46. The highest BCUT2D eigenvalue weighted by Gasteiger charge is 2.26. The quantitative estimate of drug-likeness (QED) is 0.439. The van der Waals surface area contributed by atoms with Gasteiger partial charge >= 0.3 is 12.1 Å². The van der Waals surface area contributed by atoms with E-state index in [1.165, 1.54) is 11.8 Å². The van der Waals surface area contributed by atoms with Crippen LogP contribution < -0.4 is 0 Å². The summed E-state index contributed by atoms with van der Waals surface area (Å²) in [5, 5.41) is 25.5. The van der Waals surface area contributed by atoms with E-state index in [4.69, 9.17) is 4.74 Å². The third-order valence-electron chi connectivity index (χ3n) is 5.42. The molecule has 1 amide bonds. The molecule has 3 aromatic carbocycles. The molecule has 4 aromatic rings. The second kappa shape index (κ2) is 9.47. The van der Waals surface area contributed by atoms with Crippen LogP contribution in [0.3, 0.4) is 0 Å². The van der Waals surface area contributed by atoms with E-state index in [1.807, 2.05) is 54.6 Å². The van der Waals surface area contributed by atoms with E-state index in [-0.39, 0.29) is 13.2 Å². The normalized spacial score (nSPS) is 11.8. The molecule has 33 heavy (non-hydrogen) atoms. The molecule has 0 saturated carbocycles. The van der Waals surface area contributed by atoms with E-state index in [2.05, 4.69) is 26.7 Å². The van der Waals surface area contributed by atoms with Crippen LogP contribution in [-0.4, -0.2) is 55.3 Å². The first kappa shape index (κ1) is 21.9. The fraction of sp³-hybridized carbons (Fsp3) is 0.208. The number of carboxylic acids is 1. The minimum Gasteiger partial charge on any atom is -0.480 e. The molecule has 4 rings (SSSR count). The molecule has 0 radical (unpaired) electrons. The van der Waals surface area contributed by atoms with Crippen LogP contribution in [0.15, 0.2) is 60.7 Å². The number of hydrogen-bond acceptors (Lipinski definition) is 6. The van der Waals surface area contributed by atoms with Crippen molar-refractivity contribution in [2.24, 2.45) is 0 Å². The number of hydrogen-bond donors (Lipinski definition) is 2. The Balaban J connectivity index is 1.65. The Morgan fingerprint density at radius 1 is 1.06 bits per heavy atom. The standard InChI is InChI=1S/C24H23N5O4/c1-3-33-24(32)29(15(2)23(30)31)14-16-8-9-18-13-19(11-10-17(18)12-16)20-6-4-5-7-21(20)22-25-27-28-26-22/h4-13,15H,3,14H2,1-2H3,(H,30,31)(H,25,26,27,28)/t15-/m0/s1. The van der Waals surface area contributed by atoms with Gasteiger partial charge in [-0.2, -0.15) is 0 Å². The molecule has 0 aliphatic rings. The predicted octanol–water partition coefficient (Wildman–Crippen LogP) is 4.12. The van der Waals surface area contributed by atoms with Crippen LogP contribution in [0.4, 0.5) is 4.79 Å². The van der Waals surface area contributed by atoms with Crippen molar-refractivity contribution < 1.29 is 19.4 Å². The number of rotatable bonds is 7. The molecule has 1 atom stereocenters. The Hall–Kier alpha value is -4.27. The van der Waals surface area contributed by atoms with E-state index in [0.29, 0.717) is 5.82 Å². The number of benzene rings is 3. The Labute approximate surface area is 190 Å². The van der Waals surface area contributed by atoms with Gasteiger partial charge in [0.05, 0.1) is 6.61 Å². The molecule has 2 N–H and O–H groups in total. The van der Waals surface area contributed by atoms with Crippen molar-refractivity contribution >= 4 is 22.8 Å². The molecule has 0 unspecified atom stereocenters. The first-order valence-corrected chi connectivity index (χ1v) is 10.5. The van der Waals surface area contributed by atoms with E-state index in [0.717, 1.165) is 33.0 Å². The van der Waals surface area contributed by atoms with Crippen molar-refractivity contribution in [2.75, 3.05) is 6.61 Å². The molecule has 1 aromatic heterocycles. The van der Waals surface area contributed by atoms with Crippen molar-refractivity contribution in [2.45, 2.75) is 26.4 Å². The zero-order valence-electron chi connectivity index (χ0n) is 18.2. The number of aliphatic carboxylic acids is 1. The van der Waals surface area contributed by atoms with E-state index in [9.17, 15) is 14.7 Å². The lowest BCUT2D eigenvalue weighted by Crippen LogP contribution is -2.43. The summed E-state index contributed by atoms with van der Waals surface area (Å²) in [4.78, 5) is 25.0. The molecular weight excluding hydrogens is 422 g/mol. The number of carboxylic acid groups (broad SMARTS) is 1. The highest BCUT2D eigenvalue weighted by molar-refractivity contribution is 5.91. The van der Waals surface area contributed by atoms with Gasteiger partial charge in [-0.1, -0.05) is 48.5 Å². The van der Waals surface area contributed by atoms with Crippen molar-refractivity contribution in [1.29, 1.82) is 0 Å². The lowest BCUT2D eigenvalue weighted by molar-refractivity contribution is -0.142. The van der Waals surface area contributed by atoms with Crippen molar-refractivity contribution in [3.63, 3.8) is 0 Å². The molecule has 9 nitrogen and oxygen atoms in total. The van der Waals surface area contributed by atoms with Crippen molar-refractivity contribution in [3.05, 3.63) is 66.2 Å². The summed E-state index contributed by atoms with van der Waals surface area (Å²) in [5.41, 5.74) is 3.71. The average molecular weight is 445 g/mol. The summed E-state index contributed by atoms with van der Waals surface area (Å²) in [6.07, 6.45) is -0.652. The summed E-state index contributed by atoms with van der Waals surface area (Å²) in [6, 6.07) is 18.7. The Bertz CT molecular complexity index is 1290. The number of nitrogens with zero attached hydrogens (tertiary/aromatic N) is 4. The van der Waals surface area contributed by atoms with Crippen LogP contribution in [0.2, 0.25) is 0 Å². The second-order valence-corrected chi connectivity index (χ2v) is 7.53. The topological polar surface area (TPSA) is 121 Å². The van der Waals surface area contributed by atoms with Gasteiger partial charge in [-0.25, -0.2) is 14.7 Å². The van der Waals surface area contributed by atoms with Gasteiger partial charge in [-0.05, 0) is 63.9 Å². The van der Waals surface area contributed by atoms with Gasteiger partial charge in [0.15, 0.2) is 5.82 Å². The number of aromatic amines is 1. The second-order valence-electron chi connectivity index (χ2n) is 7.53. The predicted molar refractivity (Wildman–Crippen MR) is 122 cm³/mol. The van der Waals surface area contributed by atoms with Crippen molar-refractivity contribution in [1.82, 2.24) is 25.5 Å². The van der Waals surface area contributed by atoms with Crippen LogP contribution in [-0.2, 0) is 16.1 Å². The zero-order chi connectivity index (χ0) is 23.4. The number of ether oxygens (including phenoxy) is 1. The summed E-state index contributed by atoms with van der Waals surface area (Å²) < 4.78 is 5.05. The SMILES string of the molecule is CCOC(=O)N(Cc1ccc2cc(-c3ccccc3-c3nnn[nH]3)ccc2c1)[C@@H](C)C(=O)O. The summed E-state index contributed by atoms with van der Waals surface area (Å²) in [5.74, 6) is -0.498. The molecule has 0 spiro atoms. The van der Waals surface area contributed by atoms with Crippen LogP contribution >= 0.6 is 0 Å². The van der Waals surface area contributed by atoms with Gasteiger partial charge < -0.3 is 9.84 Å². The Morgan fingerprint density at radius 2 is 1.79 bits per heavy atom. The van der Waals surface area contributed by atoms with Gasteiger partial charge in [-0.3, -0.25) is 4.90 Å². The van der Waals surface area contributed by atoms with Gasteiger partial charge in [0, 0.05) is 12.1 Å². The maximum Gasteiger partial charge on any atom is 0.410 e. The zero-order valence-corrected chi connectivity index (χ0v) is 18.2. The monoisotopic (exact) mass is 445 g/mol. The maximum atomic E-state index is 12.3. The molecule has 0 fully saturated rings.